The third-order valence-corrected chi connectivity index (χ3v) is 11.0. The maximum atomic E-state index is 13.0. The van der Waals surface area contributed by atoms with Crippen molar-refractivity contribution in [3.63, 3.8) is 0 Å². The number of aliphatic hydroxyl groups is 1. The fraction of sp³-hybridized carbons (Fsp3) is 0.265. The van der Waals surface area contributed by atoms with E-state index in [2.05, 4.69) is 84.1 Å². The molecule has 6 aromatic rings. The Balaban J connectivity index is 1.05. The van der Waals surface area contributed by atoms with Gasteiger partial charge >= 0.3 is 12.0 Å². The molecule has 1 fully saturated rings. The summed E-state index contributed by atoms with van der Waals surface area (Å²) in [6.07, 6.45) is 0.0533. The van der Waals surface area contributed by atoms with E-state index in [-0.39, 0.29) is 31.4 Å². The van der Waals surface area contributed by atoms with Crippen molar-refractivity contribution >= 4 is 22.8 Å². The van der Waals surface area contributed by atoms with E-state index in [0.717, 1.165) is 38.9 Å². The number of ether oxygens (including phenoxy) is 3. The van der Waals surface area contributed by atoms with Crippen LogP contribution in [0.1, 0.15) is 65.2 Å². The molecular weight excluding hydrogens is 727 g/mol. The minimum Gasteiger partial charge on any atom is -0.467 e. The lowest BCUT2D eigenvalue weighted by Crippen LogP contribution is -2.47. The summed E-state index contributed by atoms with van der Waals surface area (Å²) in [5, 5.41) is 17.8. The van der Waals surface area contributed by atoms with Gasteiger partial charge in [-0.05, 0) is 81.9 Å². The highest BCUT2D eigenvalue weighted by Crippen LogP contribution is 2.39. The van der Waals surface area contributed by atoms with Crippen molar-refractivity contribution in [3.8, 4) is 11.1 Å². The standard InChI is InChI=1S/C49H51N3O6/c1-33(39-24-23-37-14-7-8-15-41(37)27-39)52(2)31-44-29-46(38-21-19-35(32-53)20-22-38)58-48(57-44)43-18-10-17-42(28-43)40-16-9-13-36(25-40)30-50-49(55)51-45(47(54)56-3)26-34-11-5-4-6-12-34/h4-25,27-28,33,44-46,48,53H,26,29-32H2,1-3H3,(H2,50,51,55)/t33-,44+,45+,46-,48-/m1/s1. The first-order valence-corrected chi connectivity index (χ1v) is 19.8. The average Bonchev–Trinajstić information content (AvgIpc) is 3.27. The van der Waals surface area contributed by atoms with E-state index in [1.54, 1.807) is 0 Å². The van der Waals surface area contributed by atoms with E-state index >= 15 is 0 Å². The molecule has 9 heteroatoms. The van der Waals surface area contributed by atoms with Gasteiger partial charge in [0, 0.05) is 37.5 Å². The Morgan fingerprint density at radius 1 is 0.759 bits per heavy atom. The number of carbonyl (C=O) groups excluding carboxylic acids is 2. The van der Waals surface area contributed by atoms with Gasteiger partial charge < -0.3 is 30.0 Å². The van der Waals surface area contributed by atoms with Gasteiger partial charge in [0.1, 0.15) is 6.04 Å². The predicted molar refractivity (Wildman–Crippen MR) is 227 cm³/mol. The minimum absolute atomic E-state index is 0.0144. The van der Waals surface area contributed by atoms with Gasteiger partial charge in [0.15, 0.2) is 6.29 Å². The van der Waals surface area contributed by atoms with E-state index in [1.165, 1.54) is 23.4 Å². The fourth-order valence-electron chi connectivity index (χ4n) is 7.54. The van der Waals surface area contributed by atoms with Crippen molar-refractivity contribution in [1.29, 1.82) is 0 Å². The number of urea groups is 1. The first kappa shape index (κ1) is 40.4. The van der Waals surface area contributed by atoms with Crippen LogP contribution in [0.4, 0.5) is 4.79 Å². The molecule has 1 saturated heterocycles. The summed E-state index contributed by atoms with van der Waals surface area (Å²) in [5.41, 5.74) is 7.82. The molecular formula is C49H51N3O6. The maximum absolute atomic E-state index is 13.0. The van der Waals surface area contributed by atoms with E-state index in [0.29, 0.717) is 19.4 Å². The zero-order valence-corrected chi connectivity index (χ0v) is 33.2. The molecule has 7 rings (SSSR count). The number of nitrogens with one attached hydrogen (secondary N) is 2. The molecule has 0 aromatic heterocycles. The molecule has 1 aliphatic rings. The summed E-state index contributed by atoms with van der Waals surface area (Å²) in [7, 11) is 3.46. The largest absolute Gasteiger partial charge is 0.467 e. The second kappa shape index (κ2) is 19.1. The third-order valence-electron chi connectivity index (χ3n) is 11.0. The number of rotatable bonds is 14. The number of amides is 2. The molecule has 1 aliphatic heterocycles. The highest BCUT2D eigenvalue weighted by atomic mass is 16.7. The third kappa shape index (κ3) is 10.2. The van der Waals surface area contributed by atoms with Crippen LogP contribution in [-0.2, 0) is 38.6 Å². The average molecular weight is 778 g/mol. The molecule has 0 unspecified atom stereocenters. The first-order valence-electron chi connectivity index (χ1n) is 19.8. The second-order valence-electron chi connectivity index (χ2n) is 15.0. The Morgan fingerprint density at radius 2 is 1.47 bits per heavy atom. The van der Waals surface area contributed by atoms with Crippen LogP contribution in [-0.4, -0.2) is 54.9 Å². The number of fused-ring (bicyclic) bond motifs is 1. The van der Waals surface area contributed by atoms with Crippen LogP contribution < -0.4 is 10.6 Å². The van der Waals surface area contributed by atoms with Crippen molar-refractivity contribution < 1.29 is 28.9 Å². The topological polar surface area (TPSA) is 109 Å². The van der Waals surface area contributed by atoms with Crippen LogP contribution in [0.25, 0.3) is 21.9 Å². The Kier molecular flexibility index (Phi) is 13.3. The quantitative estimate of drug-likeness (QED) is 0.0949. The molecule has 58 heavy (non-hydrogen) atoms. The van der Waals surface area contributed by atoms with Crippen molar-refractivity contribution in [2.75, 3.05) is 20.7 Å². The van der Waals surface area contributed by atoms with E-state index in [9.17, 15) is 14.7 Å². The molecule has 0 aliphatic carbocycles. The molecule has 5 atom stereocenters. The van der Waals surface area contributed by atoms with Crippen LogP contribution in [0.3, 0.4) is 0 Å². The molecule has 9 nitrogen and oxygen atoms in total. The summed E-state index contributed by atoms with van der Waals surface area (Å²) in [5.74, 6) is -0.508. The summed E-state index contributed by atoms with van der Waals surface area (Å²) in [6.45, 7) is 3.18. The summed E-state index contributed by atoms with van der Waals surface area (Å²) in [4.78, 5) is 27.8. The summed E-state index contributed by atoms with van der Waals surface area (Å²) in [6, 6.07) is 47.6. The monoisotopic (exact) mass is 777 g/mol. The van der Waals surface area contributed by atoms with Crippen LogP contribution in [0.2, 0.25) is 0 Å². The molecule has 3 N–H and O–H groups in total. The minimum atomic E-state index is -0.821. The number of aliphatic hydroxyl groups excluding tert-OH is 1. The van der Waals surface area contributed by atoms with Crippen molar-refractivity contribution in [2.45, 2.75) is 63.5 Å². The molecule has 2 amide bonds. The van der Waals surface area contributed by atoms with Gasteiger partial charge in [0.2, 0.25) is 0 Å². The molecule has 0 radical (unpaired) electrons. The maximum Gasteiger partial charge on any atom is 0.328 e. The molecule has 1 heterocycles. The van der Waals surface area contributed by atoms with Gasteiger partial charge in [0.25, 0.3) is 0 Å². The SMILES string of the molecule is COC(=O)[C@H](Cc1ccccc1)NC(=O)NCc1cccc(-c2cccc([C@@H]3O[C@H](CN(C)[C@H](C)c4ccc5ccccc5c4)C[C@H](c4ccc(CO)cc4)O3)c2)c1. The number of hydrogen-bond acceptors (Lipinski definition) is 7. The lowest BCUT2D eigenvalue weighted by Gasteiger charge is -2.39. The molecule has 6 aromatic carbocycles. The van der Waals surface area contributed by atoms with Gasteiger partial charge in [-0.3, -0.25) is 4.90 Å². The van der Waals surface area contributed by atoms with Gasteiger partial charge in [-0.1, -0.05) is 127 Å². The number of carbonyl (C=O) groups is 2. The Morgan fingerprint density at radius 3 is 2.22 bits per heavy atom. The molecule has 298 valence electrons. The number of hydrogen-bond donors (Lipinski definition) is 3. The van der Waals surface area contributed by atoms with E-state index in [4.69, 9.17) is 14.2 Å². The lowest BCUT2D eigenvalue weighted by molar-refractivity contribution is -0.253. The highest BCUT2D eigenvalue weighted by molar-refractivity contribution is 5.84. The van der Waals surface area contributed by atoms with Crippen molar-refractivity contribution in [2.24, 2.45) is 0 Å². The Hall–Kier alpha value is -5.84. The number of benzene rings is 6. The van der Waals surface area contributed by atoms with Crippen LogP contribution >= 0.6 is 0 Å². The zero-order chi connectivity index (χ0) is 40.4. The number of esters is 1. The van der Waals surface area contributed by atoms with Gasteiger partial charge in [-0.2, -0.15) is 0 Å². The van der Waals surface area contributed by atoms with Gasteiger partial charge in [-0.25, -0.2) is 9.59 Å². The molecule has 0 saturated carbocycles. The fourth-order valence-corrected chi connectivity index (χ4v) is 7.54. The van der Waals surface area contributed by atoms with E-state index in [1.807, 2.05) is 91.0 Å². The zero-order valence-electron chi connectivity index (χ0n) is 33.2. The first-order chi connectivity index (χ1) is 28.3. The molecule has 0 spiro atoms. The van der Waals surface area contributed by atoms with E-state index < -0.39 is 24.3 Å². The normalized spacial score (nSPS) is 17.7. The Labute approximate surface area is 340 Å². The van der Waals surface area contributed by atoms with Gasteiger partial charge in [0.05, 0.1) is 25.9 Å². The summed E-state index contributed by atoms with van der Waals surface area (Å²) < 4.78 is 18.5. The Bertz CT molecular complexity index is 2300. The van der Waals surface area contributed by atoms with Crippen LogP contribution in [0.15, 0.2) is 146 Å². The van der Waals surface area contributed by atoms with Crippen LogP contribution in [0, 0.1) is 0 Å². The summed E-state index contributed by atoms with van der Waals surface area (Å²) >= 11 is 0. The molecule has 0 bridgehead atoms. The van der Waals surface area contributed by atoms with Crippen molar-refractivity contribution in [3.05, 3.63) is 179 Å². The smallest absolute Gasteiger partial charge is 0.328 e. The number of likely N-dealkylation sites (N-methyl/N-ethyl adjacent to an activating group) is 1. The number of nitrogens with zero attached hydrogens (tertiary/aromatic N) is 1. The second-order valence-corrected chi connectivity index (χ2v) is 15.0. The van der Waals surface area contributed by atoms with Crippen molar-refractivity contribution in [1.82, 2.24) is 15.5 Å². The lowest BCUT2D eigenvalue weighted by atomic mass is 9.97. The number of methoxy groups -OCH3 is 1. The predicted octanol–water partition coefficient (Wildman–Crippen LogP) is 8.82. The van der Waals surface area contributed by atoms with Crippen LogP contribution in [0.5, 0.6) is 0 Å². The highest BCUT2D eigenvalue weighted by Gasteiger charge is 2.33. The van der Waals surface area contributed by atoms with Gasteiger partial charge in [-0.15, -0.1) is 0 Å².